The minimum absolute atomic E-state index is 0.395. The number of aromatic nitrogens is 3. The average Bonchev–Trinajstić information content (AvgIpc) is 3.09. The Bertz CT molecular complexity index is 381. The fourth-order valence-corrected chi connectivity index (χ4v) is 3.39. The molecule has 2 heterocycles. The smallest absolute Gasteiger partial charge is 0.153 e. The molecule has 1 aliphatic heterocycles. The lowest BCUT2D eigenvalue weighted by Gasteiger charge is -2.28. The molecular weight excluding hydrogens is 224 g/mol. The van der Waals surface area contributed by atoms with Gasteiger partial charge in [-0.2, -0.15) is 5.10 Å². The number of hydrogen-bond acceptors (Lipinski definition) is 3. The molecule has 4 nitrogen and oxygen atoms in total. The number of nitrogens with zero attached hydrogens (tertiary/aromatic N) is 2. The lowest BCUT2D eigenvalue weighted by Crippen LogP contribution is -2.32. The second kappa shape index (κ2) is 5.39. The van der Waals surface area contributed by atoms with Gasteiger partial charge in [-0.3, -0.25) is 5.10 Å². The lowest BCUT2D eigenvalue weighted by molar-refractivity contribution is 0.291. The molecule has 0 spiro atoms. The third-order valence-electron chi connectivity index (χ3n) is 4.66. The highest BCUT2D eigenvalue weighted by atomic mass is 15.2. The zero-order valence-corrected chi connectivity index (χ0v) is 11.3. The fraction of sp³-hybridized carbons (Fsp3) is 0.857. The van der Waals surface area contributed by atoms with Gasteiger partial charge < -0.3 is 5.32 Å². The fourth-order valence-electron chi connectivity index (χ4n) is 3.39. The van der Waals surface area contributed by atoms with E-state index in [1.54, 1.807) is 0 Å². The molecule has 1 aromatic heterocycles. The first-order valence-corrected chi connectivity index (χ1v) is 7.52. The topological polar surface area (TPSA) is 53.6 Å². The van der Waals surface area contributed by atoms with E-state index < -0.39 is 0 Å². The van der Waals surface area contributed by atoms with Gasteiger partial charge in [-0.15, -0.1) is 0 Å². The highest BCUT2D eigenvalue weighted by molar-refractivity contribution is 5.04. The van der Waals surface area contributed by atoms with Gasteiger partial charge in [0.1, 0.15) is 5.82 Å². The van der Waals surface area contributed by atoms with Gasteiger partial charge >= 0.3 is 0 Å². The number of nitrogens with one attached hydrogen (secondary N) is 2. The van der Waals surface area contributed by atoms with Gasteiger partial charge in [-0.05, 0) is 38.1 Å². The van der Waals surface area contributed by atoms with Crippen molar-refractivity contribution in [3.8, 4) is 0 Å². The molecule has 1 saturated carbocycles. The SMILES string of the molecule is CCC1CCNC(c2nc(C3CCCC3)n[nH]2)C1. The number of hydrogen-bond donors (Lipinski definition) is 2. The summed E-state index contributed by atoms with van der Waals surface area (Å²) in [5.74, 6) is 3.58. The van der Waals surface area contributed by atoms with Crippen LogP contribution in [0.1, 0.15) is 75.5 Å². The maximum atomic E-state index is 4.76. The third kappa shape index (κ3) is 2.44. The molecule has 0 amide bonds. The van der Waals surface area contributed by atoms with E-state index in [1.165, 1.54) is 44.9 Å². The predicted molar refractivity (Wildman–Crippen MR) is 71.4 cm³/mol. The Hall–Kier alpha value is -0.900. The van der Waals surface area contributed by atoms with Crippen LogP contribution in [-0.4, -0.2) is 21.7 Å². The minimum Gasteiger partial charge on any atom is -0.307 e. The molecule has 100 valence electrons. The molecule has 0 bridgehead atoms. The molecule has 2 fully saturated rings. The van der Waals surface area contributed by atoms with E-state index in [0.29, 0.717) is 12.0 Å². The molecule has 2 aliphatic rings. The third-order valence-corrected chi connectivity index (χ3v) is 4.66. The summed E-state index contributed by atoms with van der Waals surface area (Å²) in [4.78, 5) is 4.76. The first kappa shape index (κ1) is 12.2. The summed E-state index contributed by atoms with van der Waals surface area (Å²) in [5, 5.41) is 11.2. The van der Waals surface area contributed by atoms with Crippen molar-refractivity contribution in [3.05, 3.63) is 11.6 Å². The van der Waals surface area contributed by atoms with E-state index in [1.807, 2.05) is 0 Å². The van der Waals surface area contributed by atoms with Gasteiger partial charge in [-0.25, -0.2) is 4.98 Å². The van der Waals surface area contributed by atoms with Gasteiger partial charge in [0, 0.05) is 5.92 Å². The van der Waals surface area contributed by atoms with Gasteiger partial charge in [0.2, 0.25) is 0 Å². The predicted octanol–water partition coefficient (Wildman–Crippen LogP) is 2.91. The number of piperidine rings is 1. The summed E-state index contributed by atoms with van der Waals surface area (Å²) in [6.45, 7) is 3.40. The first-order chi connectivity index (χ1) is 8.86. The standard InChI is InChI=1S/C14H24N4/c1-2-10-7-8-15-12(9-10)14-16-13(17-18-14)11-5-3-4-6-11/h10-12,15H,2-9H2,1H3,(H,16,17,18). The zero-order valence-electron chi connectivity index (χ0n) is 11.3. The van der Waals surface area contributed by atoms with Crippen LogP contribution in [0.15, 0.2) is 0 Å². The highest BCUT2D eigenvalue weighted by Crippen LogP contribution is 2.33. The highest BCUT2D eigenvalue weighted by Gasteiger charge is 2.26. The second-order valence-corrected chi connectivity index (χ2v) is 5.87. The normalized spacial score (nSPS) is 29.8. The van der Waals surface area contributed by atoms with E-state index in [0.717, 1.165) is 24.1 Å². The summed E-state index contributed by atoms with van der Waals surface area (Å²) >= 11 is 0. The van der Waals surface area contributed by atoms with Gasteiger partial charge in [0.25, 0.3) is 0 Å². The molecule has 2 N–H and O–H groups in total. The molecule has 1 aromatic rings. The Morgan fingerprint density at radius 3 is 2.83 bits per heavy atom. The van der Waals surface area contributed by atoms with E-state index in [4.69, 9.17) is 4.98 Å². The Labute approximate surface area is 109 Å². The molecule has 2 atom stereocenters. The molecule has 4 heteroatoms. The monoisotopic (exact) mass is 248 g/mol. The number of H-pyrrole nitrogens is 1. The van der Waals surface area contributed by atoms with Crippen molar-refractivity contribution in [3.63, 3.8) is 0 Å². The van der Waals surface area contributed by atoms with Crippen LogP contribution in [0.5, 0.6) is 0 Å². The lowest BCUT2D eigenvalue weighted by atomic mass is 9.90. The van der Waals surface area contributed by atoms with Crippen molar-refractivity contribution >= 4 is 0 Å². The number of aromatic amines is 1. The van der Waals surface area contributed by atoms with Crippen LogP contribution in [-0.2, 0) is 0 Å². The van der Waals surface area contributed by atoms with Crippen molar-refractivity contribution in [2.75, 3.05) is 6.54 Å². The summed E-state index contributed by atoms with van der Waals surface area (Å²) in [5.41, 5.74) is 0. The number of rotatable bonds is 3. The van der Waals surface area contributed by atoms with Crippen molar-refractivity contribution < 1.29 is 0 Å². The molecule has 0 radical (unpaired) electrons. The van der Waals surface area contributed by atoms with Crippen LogP contribution in [0, 0.1) is 5.92 Å². The quantitative estimate of drug-likeness (QED) is 0.864. The molecule has 1 aliphatic carbocycles. The van der Waals surface area contributed by atoms with Crippen LogP contribution < -0.4 is 5.32 Å². The first-order valence-electron chi connectivity index (χ1n) is 7.52. The van der Waals surface area contributed by atoms with Crippen LogP contribution in [0.25, 0.3) is 0 Å². The van der Waals surface area contributed by atoms with Gasteiger partial charge in [0.05, 0.1) is 6.04 Å². The van der Waals surface area contributed by atoms with Crippen molar-refractivity contribution in [1.29, 1.82) is 0 Å². The van der Waals surface area contributed by atoms with Crippen molar-refractivity contribution in [2.24, 2.45) is 5.92 Å². The Morgan fingerprint density at radius 1 is 1.22 bits per heavy atom. The molecule has 3 rings (SSSR count). The van der Waals surface area contributed by atoms with Gasteiger partial charge in [-0.1, -0.05) is 26.2 Å². The Morgan fingerprint density at radius 2 is 2.06 bits per heavy atom. The minimum atomic E-state index is 0.395. The average molecular weight is 248 g/mol. The molecule has 18 heavy (non-hydrogen) atoms. The molecule has 1 saturated heterocycles. The van der Waals surface area contributed by atoms with Crippen LogP contribution in [0.4, 0.5) is 0 Å². The maximum Gasteiger partial charge on any atom is 0.153 e. The summed E-state index contributed by atoms with van der Waals surface area (Å²) in [6, 6.07) is 0.395. The zero-order chi connectivity index (χ0) is 12.4. The van der Waals surface area contributed by atoms with E-state index in [2.05, 4.69) is 22.4 Å². The summed E-state index contributed by atoms with van der Waals surface area (Å²) < 4.78 is 0. The second-order valence-electron chi connectivity index (χ2n) is 5.87. The van der Waals surface area contributed by atoms with E-state index in [-0.39, 0.29) is 0 Å². The van der Waals surface area contributed by atoms with Gasteiger partial charge in [0.15, 0.2) is 5.82 Å². The van der Waals surface area contributed by atoms with Crippen LogP contribution in [0.2, 0.25) is 0 Å². The van der Waals surface area contributed by atoms with E-state index in [9.17, 15) is 0 Å². The Balaban J connectivity index is 1.68. The van der Waals surface area contributed by atoms with Crippen LogP contribution in [0.3, 0.4) is 0 Å². The Kier molecular flexibility index (Phi) is 3.64. The summed E-state index contributed by atoms with van der Waals surface area (Å²) in [7, 11) is 0. The maximum absolute atomic E-state index is 4.76. The summed E-state index contributed by atoms with van der Waals surface area (Å²) in [6.07, 6.45) is 9.01. The molecule has 0 aromatic carbocycles. The molecular formula is C14H24N4. The molecule has 2 unspecified atom stereocenters. The van der Waals surface area contributed by atoms with E-state index >= 15 is 0 Å². The van der Waals surface area contributed by atoms with Crippen molar-refractivity contribution in [2.45, 2.75) is 63.8 Å². The largest absolute Gasteiger partial charge is 0.307 e. The van der Waals surface area contributed by atoms with Crippen molar-refractivity contribution in [1.82, 2.24) is 20.5 Å². The van der Waals surface area contributed by atoms with Crippen LogP contribution >= 0.6 is 0 Å².